The number of para-hydroxylation sites is 2. The van der Waals surface area contributed by atoms with Crippen molar-refractivity contribution >= 4 is 28.8 Å². The first-order chi connectivity index (χ1) is 20.0. The van der Waals surface area contributed by atoms with Crippen molar-refractivity contribution in [1.82, 2.24) is 0 Å². The molecule has 0 aromatic heterocycles. The van der Waals surface area contributed by atoms with Gasteiger partial charge < -0.3 is 15.0 Å². The van der Waals surface area contributed by atoms with Crippen molar-refractivity contribution in [2.75, 3.05) is 23.4 Å². The van der Waals surface area contributed by atoms with Gasteiger partial charge in [-0.25, -0.2) is 4.79 Å². The lowest BCUT2D eigenvalue weighted by molar-refractivity contribution is -0.671. The number of hydrogen-bond donors (Lipinski definition) is 2. The van der Waals surface area contributed by atoms with Crippen molar-refractivity contribution < 1.29 is 14.8 Å². The van der Waals surface area contributed by atoms with Gasteiger partial charge in [0.1, 0.15) is 6.54 Å². The van der Waals surface area contributed by atoms with Gasteiger partial charge in [-0.1, -0.05) is 84.0 Å². The van der Waals surface area contributed by atoms with Crippen molar-refractivity contribution in [3.05, 3.63) is 120 Å². The standard InChI is InChI=1S/C37H45N3O2/c1-36(2,3)29-24-28(25-30(26-29)37(4,5)6)27-38-22-13-23-42-35(41)39-31-18-20-34(21-19-31)40(32-14-9-7-10-15-32)33-16-11-8-12-17-33/h7-12,14-21,24-26,38H,13,22-23,27H2,1-6H3,(H,39,41)/p+1. The number of ether oxygens (including phenoxy) is 1. The molecule has 0 atom stereocenters. The maximum absolute atomic E-state index is 12.4. The van der Waals surface area contributed by atoms with Gasteiger partial charge in [0, 0.05) is 34.7 Å². The zero-order valence-corrected chi connectivity index (χ0v) is 26.0. The summed E-state index contributed by atoms with van der Waals surface area (Å²) in [6.07, 6.45) is 0.360. The van der Waals surface area contributed by atoms with Crippen LogP contribution in [0.4, 0.5) is 27.5 Å². The lowest BCUT2D eigenvalue weighted by Crippen LogP contribution is -2.82. The Morgan fingerprint density at radius 1 is 0.714 bits per heavy atom. The van der Waals surface area contributed by atoms with Crippen LogP contribution < -0.4 is 15.5 Å². The Kier molecular flexibility index (Phi) is 10.1. The van der Waals surface area contributed by atoms with Crippen LogP contribution >= 0.6 is 0 Å². The van der Waals surface area contributed by atoms with Gasteiger partial charge in [0.25, 0.3) is 0 Å². The molecule has 5 nitrogen and oxygen atoms in total. The van der Waals surface area contributed by atoms with Gasteiger partial charge in [-0.3, -0.25) is 5.32 Å². The largest absolute Gasteiger partial charge is 0.449 e. The Morgan fingerprint density at radius 2 is 1.21 bits per heavy atom. The van der Waals surface area contributed by atoms with E-state index in [4.69, 9.17) is 4.74 Å². The van der Waals surface area contributed by atoms with Crippen molar-refractivity contribution in [2.45, 2.75) is 65.3 Å². The maximum atomic E-state index is 12.4. The first-order valence-electron chi connectivity index (χ1n) is 14.9. The number of rotatable bonds is 10. The first-order valence-corrected chi connectivity index (χ1v) is 14.9. The molecular formula is C37H46N3O2+. The minimum atomic E-state index is -0.432. The summed E-state index contributed by atoms with van der Waals surface area (Å²) in [6, 6.07) is 35.3. The highest BCUT2D eigenvalue weighted by molar-refractivity contribution is 5.85. The third-order valence-corrected chi connectivity index (χ3v) is 7.29. The maximum Gasteiger partial charge on any atom is 0.411 e. The van der Waals surface area contributed by atoms with E-state index >= 15 is 0 Å². The van der Waals surface area contributed by atoms with Crippen LogP contribution in [0.2, 0.25) is 0 Å². The number of carbonyl (C=O) groups is 1. The van der Waals surface area contributed by atoms with Gasteiger partial charge >= 0.3 is 6.09 Å². The van der Waals surface area contributed by atoms with Gasteiger partial charge in [-0.05, 0) is 82.6 Å². The van der Waals surface area contributed by atoms with Crippen LogP contribution in [0.1, 0.15) is 64.7 Å². The van der Waals surface area contributed by atoms with Gasteiger partial charge in [0.05, 0.1) is 13.2 Å². The van der Waals surface area contributed by atoms with Crippen molar-refractivity contribution in [3.8, 4) is 0 Å². The van der Waals surface area contributed by atoms with Crippen LogP contribution in [0.25, 0.3) is 0 Å². The van der Waals surface area contributed by atoms with Crippen molar-refractivity contribution in [3.63, 3.8) is 0 Å². The highest BCUT2D eigenvalue weighted by Crippen LogP contribution is 2.34. The zero-order chi connectivity index (χ0) is 30.2. The molecule has 0 fully saturated rings. The van der Waals surface area contributed by atoms with Gasteiger partial charge in [0.2, 0.25) is 0 Å². The lowest BCUT2D eigenvalue weighted by Gasteiger charge is -2.26. The molecular weight excluding hydrogens is 518 g/mol. The summed E-state index contributed by atoms with van der Waals surface area (Å²) in [6.45, 7) is 15.8. The number of hydrogen-bond acceptors (Lipinski definition) is 3. The molecule has 42 heavy (non-hydrogen) atoms. The van der Waals surface area contributed by atoms with Crippen LogP contribution in [0, 0.1) is 0 Å². The van der Waals surface area contributed by atoms with Crippen LogP contribution in [-0.2, 0) is 22.1 Å². The van der Waals surface area contributed by atoms with Crippen molar-refractivity contribution in [1.29, 1.82) is 0 Å². The molecule has 5 heteroatoms. The van der Waals surface area contributed by atoms with Gasteiger partial charge in [-0.2, -0.15) is 0 Å². The minimum Gasteiger partial charge on any atom is -0.449 e. The molecule has 0 unspecified atom stereocenters. The predicted molar refractivity (Wildman–Crippen MR) is 175 cm³/mol. The summed E-state index contributed by atoms with van der Waals surface area (Å²) in [5.41, 5.74) is 8.15. The molecule has 0 aliphatic rings. The van der Waals surface area contributed by atoms with E-state index in [1.165, 1.54) is 16.7 Å². The summed E-state index contributed by atoms with van der Waals surface area (Å²) in [5, 5.41) is 5.15. The summed E-state index contributed by atoms with van der Waals surface area (Å²) < 4.78 is 5.46. The van der Waals surface area contributed by atoms with Crippen LogP contribution in [-0.4, -0.2) is 19.2 Å². The summed E-state index contributed by atoms with van der Waals surface area (Å²) in [5.74, 6) is 0. The SMILES string of the molecule is CC(C)(C)c1cc(C[NH2+]CCCOC(=O)Nc2ccc(N(c3ccccc3)c3ccccc3)cc2)cc(C(C)(C)C)c1. The molecule has 0 radical (unpaired) electrons. The lowest BCUT2D eigenvalue weighted by atomic mass is 9.79. The quantitative estimate of drug-likeness (QED) is 0.190. The third kappa shape index (κ3) is 8.70. The number of quaternary nitrogens is 1. The fraction of sp³-hybridized carbons (Fsp3) is 0.324. The highest BCUT2D eigenvalue weighted by Gasteiger charge is 2.21. The number of nitrogens with one attached hydrogen (secondary N) is 1. The second kappa shape index (κ2) is 13.7. The molecule has 0 saturated carbocycles. The number of carbonyl (C=O) groups excluding carboxylic acids is 1. The molecule has 4 aromatic rings. The van der Waals surface area contributed by atoms with E-state index in [1.54, 1.807) is 0 Å². The molecule has 0 heterocycles. The molecule has 0 aliphatic heterocycles. The molecule has 4 aromatic carbocycles. The predicted octanol–water partition coefficient (Wildman–Crippen LogP) is 8.45. The topological polar surface area (TPSA) is 58.2 Å². The van der Waals surface area contributed by atoms with E-state index in [0.29, 0.717) is 12.3 Å². The average molecular weight is 565 g/mol. The van der Waals surface area contributed by atoms with Gasteiger partial charge in [0.15, 0.2) is 0 Å². The Balaban J connectivity index is 1.25. The fourth-order valence-electron chi connectivity index (χ4n) is 4.79. The summed E-state index contributed by atoms with van der Waals surface area (Å²) in [7, 11) is 0. The minimum absolute atomic E-state index is 0.112. The molecule has 220 valence electrons. The highest BCUT2D eigenvalue weighted by atomic mass is 16.5. The molecule has 3 N–H and O–H groups in total. The number of nitrogens with two attached hydrogens (primary N) is 1. The van der Waals surface area contributed by atoms with Crippen LogP contribution in [0.5, 0.6) is 0 Å². The molecule has 4 rings (SSSR count). The zero-order valence-electron chi connectivity index (χ0n) is 26.0. The number of anilines is 4. The monoisotopic (exact) mass is 564 g/mol. The number of amides is 1. The van der Waals surface area contributed by atoms with Crippen LogP contribution in [0.3, 0.4) is 0 Å². The Hall–Kier alpha value is -4.09. The Bertz CT molecular complexity index is 1350. The molecule has 0 bridgehead atoms. The summed E-state index contributed by atoms with van der Waals surface area (Å²) in [4.78, 5) is 14.6. The smallest absolute Gasteiger partial charge is 0.411 e. The van der Waals surface area contributed by atoms with E-state index in [9.17, 15) is 4.79 Å². The Morgan fingerprint density at radius 3 is 1.71 bits per heavy atom. The molecule has 0 saturated heterocycles. The van der Waals surface area contributed by atoms with E-state index in [1.807, 2.05) is 60.7 Å². The van der Waals surface area contributed by atoms with E-state index in [2.05, 4.69) is 99.5 Å². The average Bonchev–Trinajstić information content (AvgIpc) is 2.96. The van der Waals surface area contributed by atoms with Gasteiger partial charge in [-0.15, -0.1) is 0 Å². The van der Waals surface area contributed by atoms with E-state index < -0.39 is 6.09 Å². The van der Waals surface area contributed by atoms with E-state index in [-0.39, 0.29) is 10.8 Å². The number of nitrogens with zero attached hydrogens (tertiary/aromatic N) is 1. The Labute approximate surface area is 251 Å². The summed E-state index contributed by atoms with van der Waals surface area (Å²) >= 11 is 0. The molecule has 1 amide bonds. The third-order valence-electron chi connectivity index (χ3n) is 7.29. The van der Waals surface area contributed by atoms with Crippen LogP contribution in [0.15, 0.2) is 103 Å². The normalized spacial score (nSPS) is 11.7. The molecule has 0 spiro atoms. The second-order valence-corrected chi connectivity index (χ2v) is 12.9. The number of benzene rings is 4. The fourth-order valence-corrected chi connectivity index (χ4v) is 4.79. The first kappa shape index (κ1) is 30.9. The second-order valence-electron chi connectivity index (χ2n) is 12.9. The van der Waals surface area contributed by atoms with Crippen molar-refractivity contribution in [2.24, 2.45) is 0 Å². The van der Waals surface area contributed by atoms with E-state index in [0.717, 1.165) is 36.6 Å². The molecule has 0 aliphatic carbocycles.